The number of halogens is 4. The summed E-state index contributed by atoms with van der Waals surface area (Å²) in [6.07, 6.45) is 0. The number of amidine groups is 1. The second kappa shape index (κ2) is 3.08. The van der Waals surface area contributed by atoms with Crippen molar-refractivity contribution in [3.8, 4) is 0 Å². The van der Waals surface area contributed by atoms with Gasteiger partial charge in [-0.1, -0.05) is 34.8 Å². The van der Waals surface area contributed by atoms with E-state index in [0.29, 0.717) is 12.5 Å². The lowest BCUT2D eigenvalue weighted by Gasteiger charge is -2.15. The first-order valence-electron chi connectivity index (χ1n) is 2.33. The Morgan fingerprint density at radius 1 is 1.60 bits per heavy atom. The van der Waals surface area contributed by atoms with E-state index >= 15 is 0 Å². The van der Waals surface area contributed by atoms with Crippen LogP contribution in [0.2, 0.25) is 0 Å². The first-order valence-corrected chi connectivity index (χ1v) is 4.43. The zero-order valence-electron chi connectivity index (χ0n) is 4.61. The molecule has 0 unspecified atom stereocenters. The van der Waals surface area contributed by atoms with Gasteiger partial charge in [-0.2, -0.15) is 5.10 Å². The van der Waals surface area contributed by atoms with Gasteiger partial charge in [-0.25, -0.2) is 0 Å². The van der Waals surface area contributed by atoms with E-state index in [1.165, 1.54) is 0 Å². The van der Waals surface area contributed by atoms with Gasteiger partial charge in [-0.3, -0.25) is 8.54 Å². The van der Waals surface area contributed by atoms with E-state index in [9.17, 15) is 0 Å². The van der Waals surface area contributed by atoms with E-state index in [2.05, 4.69) is 10.5 Å². The molecule has 10 heavy (non-hydrogen) atoms. The van der Waals surface area contributed by atoms with Gasteiger partial charge >= 0.3 is 0 Å². The Morgan fingerprint density at radius 2 is 2.20 bits per heavy atom. The molecule has 0 spiro atoms. The summed E-state index contributed by atoms with van der Waals surface area (Å²) in [5.74, 6) is 0.415. The van der Waals surface area contributed by atoms with Crippen LogP contribution in [0.5, 0.6) is 0 Å². The highest BCUT2D eigenvalue weighted by atomic mass is 127. The number of nitrogens with one attached hydrogen (secondary N) is 1. The summed E-state index contributed by atoms with van der Waals surface area (Å²) in [6.45, 7) is 0.573. The molecule has 1 heterocycles. The smallest absolute Gasteiger partial charge is 0.250 e. The number of alkyl halides is 3. The third-order valence-corrected chi connectivity index (χ3v) is 2.18. The molecular formula is C3H3Cl3IN3. The van der Waals surface area contributed by atoms with Crippen LogP contribution in [0.15, 0.2) is 5.10 Å². The van der Waals surface area contributed by atoms with Crippen molar-refractivity contribution in [2.45, 2.75) is 3.79 Å². The maximum Gasteiger partial charge on any atom is 0.250 e. The maximum absolute atomic E-state index is 5.55. The van der Waals surface area contributed by atoms with Crippen LogP contribution in [0.25, 0.3) is 0 Å². The van der Waals surface area contributed by atoms with Crippen molar-refractivity contribution in [1.29, 1.82) is 0 Å². The van der Waals surface area contributed by atoms with Crippen molar-refractivity contribution < 1.29 is 0 Å². The Morgan fingerprint density at radius 3 is 2.40 bits per heavy atom. The van der Waals surface area contributed by atoms with E-state index in [4.69, 9.17) is 34.8 Å². The Kier molecular flexibility index (Phi) is 2.76. The van der Waals surface area contributed by atoms with Gasteiger partial charge in [0.05, 0.1) is 22.9 Å². The minimum Gasteiger partial charge on any atom is -0.288 e. The molecule has 0 aromatic heterocycles. The van der Waals surface area contributed by atoms with Gasteiger partial charge in [0.2, 0.25) is 0 Å². The zero-order valence-corrected chi connectivity index (χ0v) is 9.04. The number of hydrogen-bond donors (Lipinski definition) is 1. The Hall–Kier alpha value is 0.870. The SMILES string of the molecule is ClC(Cl)(Cl)C1=NNCN1I. The van der Waals surface area contributed by atoms with Crippen LogP contribution in [0.4, 0.5) is 0 Å². The molecule has 0 fully saturated rings. The first kappa shape index (κ1) is 8.96. The molecule has 1 rings (SSSR count). The van der Waals surface area contributed by atoms with E-state index in [-0.39, 0.29) is 0 Å². The highest BCUT2D eigenvalue weighted by molar-refractivity contribution is 14.1. The molecule has 7 heteroatoms. The largest absolute Gasteiger partial charge is 0.288 e. The van der Waals surface area contributed by atoms with Gasteiger partial charge in [0, 0.05) is 0 Å². The summed E-state index contributed by atoms with van der Waals surface area (Å²) in [4.78, 5) is 0. The van der Waals surface area contributed by atoms with Crippen LogP contribution < -0.4 is 5.43 Å². The molecule has 58 valence electrons. The summed E-state index contributed by atoms with van der Waals surface area (Å²) in [6, 6.07) is 0. The standard InChI is InChI=1S/C3H3Cl3IN3/c4-3(5,6)2-9-8-1-10(2)7/h8H,1H2. The number of nitrogens with zero attached hydrogens (tertiary/aromatic N) is 2. The minimum absolute atomic E-state index is 0.415. The molecule has 0 aromatic rings. The van der Waals surface area contributed by atoms with Crippen molar-refractivity contribution >= 4 is 63.5 Å². The molecule has 0 saturated carbocycles. The van der Waals surface area contributed by atoms with Gasteiger partial charge in [-0.05, 0) is 0 Å². The van der Waals surface area contributed by atoms with E-state index in [1.54, 1.807) is 3.11 Å². The third-order valence-electron chi connectivity index (χ3n) is 0.878. The average Bonchev–Trinajstić information content (AvgIpc) is 2.11. The van der Waals surface area contributed by atoms with Crippen molar-refractivity contribution in [2.75, 3.05) is 6.67 Å². The number of hydrazone groups is 1. The Labute approximate surface area is 87.2 Å². The molecule has 0 amide bonds. The molecule has 1 aliphatic rings. The molecule has 0 radical (unpaired) electrons. The summed E-state index contributed by atoms with van der Waals surface area (Å²) in [7, 11) is 0. The van der Waals surface area contributed by atoms with Crippen molar-refractivity contribution in [3.63, 3.8) is 0 Å². The predicted octanol–water partition coefficient (Wildman–Crippen LogP) is 1.88. The number of rotatable bonds is 0. The highest BCUT2D eigenvalue weighted by Crippen LogP contribution is 2.31. The van der Waals surface area contributed by atoms with Gasteiger partial charge in [0.25, 0.3) is 3.79 Å². The topological polar surface area (TPSA) is 27.6 Å². The van der Waals surface area contributed by atoms with E-state index in [0.717, 1.165) is 0 Å². The number of hydrogen-bond acceptors (Lipinski definition) is 3. The summed E-state index contributed by atoms with van der Waals surface area (Å²) in [5, 5.41) is 3.78. The summed E-state index contributed by atoms with van der Waals surface area (Å²) in [5.41, 5.74) is 2.68. The lowest BCUT2D eigenvalue weighted by molar-refractivity contribution is 0.670. The molecule has 0 saturated heterocycles. The van der Waals surface area contributed by atoms with Crippen LogP contribution in [-0.2, 0) is 0 Å². The van der Waals surface area contributed by atoms with Gasteiger partial charge in [-0.15, -0.1) is 0 Å². The predicted molar refractivity (Wildman–Crippen MR) is 51.6 cm³/mol. The maximum atomic E-state index is 5.55. The third kappa shape index (κ3) is 1.93. The Balaban J connectivity index is 2.72. The molecular weight excluding hydrogens is 311 g/mol. The lowest BCUT2D eigenvalue weighted by atomic mass is 10.7. The van der Waals surface area contributed by atoms with Crippen LogP contribution in [-0.4, -0.2) is 19.4 Å². The lowest BCUT2D eigenvalue weighted by Crippen LogP contribution is -2.29. The highest BCUT2D eigenvalue weighted by Gasteiger charge is 2.34. The second-order valence-electron chi connectivity index (χ2n) is 1.61. The molecule has 0 aromatic carbocycles. The summed E-state index contributed by atoms with van der Waals surface area (Å²) >= 11 is 18.6. The fourth-order valence-corrected chi connectivity index (χ4v) is 1.99. The van der Waals surface area contributed by atoms with Crippen LogP contribution >= 0.6 is 57.7 Å². The second-order valence-corrected chi connectivity index (χ2v) is 5.06. The van der Waals surface area contributed by atoms with Gasteiger partial charge < -0.3 is 0 Å². The van der Waals surface area contributed by atoms with Crippen LogP contribution in [0.3, 0.4) is 0 Å². The van der Waals surface area contributed by atoms with Crippen molar-refractivity contribution in [1.82, 2.24) is 8.54 Å². The first-order chi connectivity index (χ1) is 4.52. The monoisotopic (exact) mass is 313 g/mol. The van der Waals surface area contributed by atoms with Crippen LogP contribution in [0, 0.1) is 0 Å². The van der Waals surface area contributed by atoms with E-state index in [1.807, 2.05) is 22.9 Å². The quantitative estimate of drug-likeness (QED) is 0.420. The van der Waals surface area contributed by atoms with Gasteiger partial charge in [0.1, 0.15) is 6.67 Å². The van der Waals surface area contributed by atoms with Crippen LogP contribution in [0.1, 0.15) is 0 Å². The van der Waals surface area contributed by atoms with Crippen molar-refractivity contribution in [3.05, 3.63) is 0 Å². The van der Waals surface area contributed by atoms with Gasteiger partial charge in [0.15, 0.2) is 5.84 Å². The van der Waals surface area contributed by atoms with E-state index < -0.39 is 3.79 Å². The minimum atomic E-state index is -1.43. The fraction of sp³-hybridized carbons (Fsp3) is 0.667. The molecule has 1 N–H and O–H groups in total. The molecule has 0 aliphatic carbocycles. The normalized spacial score (nSPS) is 18.8. The molecule has 0 atom stereocenters. The molecule has 3 nitrogen and oxygen atoms in total. The molecule has 1 aliphatic heterocycles. The zero-order chi connectivity index (χ0) is 7.78. The fourth-order valence-electron chi connectivity index (χ4n) is 0.502. The van der Waals surface area contributed by atoms with Crippen molar-refractivity contribution in [2.24, 2.45) is 5.10 Å². The molecule has 0 bridgehead atoms. The Bertz CT molecular complexity index is 165. The summed E-state index contributed by atoms with van der Waals surface area (Å²) < 4.78 is 0.273. The average molecular weight is 314 g/mol.